The summed E-state index contributed by atoms with van der Waals surface area (Å²) in [6, 6.07) is 27.7. The molecule has 0 aromatic heterocycles. The van der Waals surface area contributed by atoms with Crippen LogP contribution in [0.5, 0.6) is 0 Å². The van der Waals surface area contributed by atoms with Crippen molar-refractivity contribution in [3.05, 3.63) is 101 Å². The van der Waals surface area contributed by atoms with Crippen molar-refractivity contribution in [2.24, 2.45) is 0 Å². The molecule has 0 unspecified atom stereocenters. The van der Waals surface area contributed by atoms with E-state index in [2.05, 4.69) is 107 Å². The van der Waals surface area contributed by atoms with Crippen LogP contribution >= 0.6 is 0 Å². The van der Waals surface area contributed by atoms with Gasteiger partial charge in [-0.15, -0.1) is 0 Å². The van der Waals surface area contributed by atoms with Crippen molar-refractivity contribution in [1.82, 2.24) is 0 Å². The van der Waals surface area contributed by atoms with Crippen LogP contribution in [0.15, 0.2) is 78.9 Å². The fourth-order valence-electron chi connectivity index (χ4n) is 3.52. The van der Waals surface area contributed by atoms with Crippen LogP contribution in [0.4, 0.5) is 5.69 Å². The van der Waals surface area contributed by atoms with Crippen molar-refractivity contribution < 1.29 is 0 Å². The Labute approximate surface area is 151 Å². The number of hydrogen-bond donors (Lipinski definition) is 1. The molecule has 0 radical (unpaired) electrons. The molecule has 0 fully saturated rings. The Hall–Kier alpha value is -2.54. The van der Waals surface area contributed by atoms with E-state index in [0.29, 0.717) is 0 Å². The van der Waals surface area contributed by atoms with Gasteiger partial charge in [-0.1, -0.05) is 100 Å². The molecule has 0 aliphatic carbocycles. The van der Waals surface area contributed by atoms with Gasteiger partial charge < -0.3 is 5.73 Å². The highest BCUT2D eigenvalue weighted by Crippen LogP contribution is 2.39. The quantitative estimate of drug-likeness (QED) is 0.591. The molecule has 1 nitrogen and oxygen atoms in total. The number of rotatable bonds is 4. The second-order valence-corrected chi connectivity index (χ2v) is 7.78. The molecule has 0 saturated heterocycles. The Morgan fingerprint density at radius 1 is 0.560 bits per heavy atom. The summed E-state index contributed by atoms with van der Waals surface area (Å²) < 4.78 is 0. The highest BCUT2D eigenvalue weighted by atomic mass is 14.6. The monoisotopic (exact) mass is 329 g/mol. The molecule has 0 heterocycles. The van der Waals surface area contributed by atoms with Crippen LogP contribution in [-0.2, 0) is 10.8 Å². The Kier molecular flexibility index (Phi) is 4.43. The topological polar surface area (TPSA) is 26.0 Å². The van der Waals surface area contributed by atoms with Crippen molar-refractivity contribution in [2.45, 2.75) is 38.5 Å². The second kappa shape index (κ2) is 6.40. The molecule has 0 saturated carbocycles. The van der Waals surface area contributed by atoms with Crippen molar-refractivity contribution in [3.8, 4) is 0 Å². The van der Waals surface area contributed by atoms with Crippen molar-refractivity contribution in [3.63, 3.8) is 0 Å². The average molecular weight is 329 g/mol. The summed E-state index contributed by atoms with van der Waals surface area (Å²) in [4.78, 5) is 0. The molecule has 3 rings (SSSR count). The van der Waals surface area contributed by atoms with E-state index >= 15 is 0 Å². The van der Waals surface area contributed by atoms with Gasteiger partial charge in [0.1, 0.15) is 0 Å². The third-order valence-corrected chi connectivity index (χ3v) is 5.44. The predicted octanol–water partition coefficient (Wildman–Crippen LogP) is 5.92. The molecule has 0 bridgehead atoms. The molecule has 0 amide bonds. The maximum atomic E-state index is 6.39. The highest BCUT2D eigenvalue weighted by molar-refractivity contribution is 5.57. The predicted molar refractivity (Wildman–Crippen MR) is 108 cm³/mol. The lowest BCUT2D eigenvalue weighted by Gasteiger charge is -2.32. The second-order valence-electron chi connectivity index (χ2n) is 7.78. The van der Waals surface area contributed by atoms with Gasteiger partial charge in [0, 0.05) is 16.5 Å². The van der Waals surface area contributed by atoms with Crippen LogP contribution in [0.2, 0.25) is 0 Å². The number of nitrogen functional groups attached to an aromatic ring is 1. The minimum absolute atomic E-state index is 0.0729. The van der Waals surface area contributed by atoms with Gasteiger partial charge in [0.25, 0.3) is 0 Å². The zero-order chi connectivity index (χ0) is 18.1. The van der Waals surface area contributed by atoms with Crippen molar-refractivity contribution >= 4 is 5.69 Å². The number of benzene rings is 3. The SMILES string of the molecule is CC(C)(c1ccccc1)c1ccc(N)c(C(C)(C)c2ccccc2)c1. The molecular weight excluding hydrogens is 302 g/mol. The largest absolute Gasteiger partial charge is 0.398 e. The maximum Gasteiger partial charge on any atom is 0.0355 e. The molecule has 1 heteroatoms. The Bertz CT molecular complexity index is 846. The van der Waals surface area contributed by atoms with Crippen LogP contribution in [0, 0.1) is 0 Å². The lowest BCUT2D eigenvalue weighted by atomic mass is 9.73. The summed E-state index contributed by atoms with van der Waals surface area (Å²) in [6.45, 7) is 9.03. The third-order valence-electron chi connectivity index (χ3n) is 5.44. The summed E-state index contributed by atoms with van der Waals surface area (Å²) in [7, 11) is 0. The molecule has 0 spiro atoms. The fraction of sp³-hybridized carbons (Fsp3) is 0.250. The van der Waals surface area contributed by atoms with Crippen LogP contribution in [0.1, 0.15) is 49.9 Å². The standard InChI is InChI=1S/C24H27N/c1-23(2,18-11-7-5-8-12-18)20-15-16-22(25)21(17-20)24(3,4)19-13-9-6-10-14-19/h5-17H,25H2,1-4H3. The van der Waals surface area contributed by atoms with E-state index in [0.717, 1.165) is 5.69 Å². The molecule has 0 atom stereocenters. The first-order valence-corrected chi connectivity index (χ1v) is 8.85. The lowest BCUT2D eigenvalue weighted by molar-refractivity contribution is 0.619. The van der Waals surface area contributed by atoms with Crippen molar-refractivity contribution in [1.29, 1.82) is 0 Å². The van der Waals surface area contributed by atoms with E-state index in [4.69, 9.17) is 5.73 Å². The molecule has 0 aliphatic rings. The molecular formula is C24H27N. The Balaban J connectivity index is 2.10. The summed E-state index contributed by atoms with van der Waals surface area (Å²) in [6.07, 6.45) is 0. The van der Waals surface area contributed by atoms with Crippen LogP contribution < -0.4 is 5.73 Å². The normalized spacial score (nSPS) is 12.2. The Morgan fingerprint density at radius 3 is 1.56 bits per heavy atom. The van der Waals surface area contributed by atoms with Crippen molar-refractivity contribution in [2.75, 3.05) is 5.73 Å². The van der Waals surface area contributed by atoms with Gasteiger partial charge in [-0.05, 0) is 28.3 Å². The van der Waals surface area contributed by atoms with Gasteiger partial charge in [0.05, 0.1) is 0 Å². The first-order chi connectivity index (χ1) is 11.8. The minimum Gasteiger partial charge on any atom is -0.398 e. The first kappa shape index (κ1) is 17.3. The maximum absolute atomic E-state index is 6.39. The molecule has 3 aromatic carbocycles. The zero-order valence-electron chi connectivity index (χ0n) is 15.6. The Morgan fingerprint density at radius 2 is 1.04 bits per heavy atom. The van der Waals surface area contributed by atoms with Gasteiger partial charge in [0.2, 0.25) is 0 Å². The van der Waals surface area contributed by atoms with Gasteiger partial charge in [-0.25, -0.2) is 0 Å². The first-order valence-electron chi connectivity index (χ1n) is 8.85. The van der Waals surface area contributed by atoms with Gasteiger partial charge in [0.15, 0.2) is 0 Å². The van der Waals surface area contributed by atoms with Crippen LogP contribution in [0.3, 0.4) is 0 Å². The van der Waals surface area contributed by atoms with E-state index < -0.39 is 0 Å². The summed E-state index contributed by atoms with van der Waals surface area (Å²) in [5.41, 5.74) is 12.1. The van der Waals surface area contributed by atoms with Gasteiger partial charge in [-0.2, -0.15) is 0 Å². The molecule has 3 aromatic rings. The van der Waals surface area contributed by atoms with E-state index in [-0.39, 0.29) is 10.8 Å². The van der Waals surface area contributed by atoms with E-state index in [1.165, 1.54) is 22.3 Å². The lowest BCUT2D eigenvalue weighted by Crippen LogP contribution is -2.24. The van der Waals surface area contributed by atoms with E-state index in [1.807, 2.05) is 0 Å². The van der Waals surface area contributed by atoms with E-state index in [1.54, 1.807) is 0 Å². The molecule has 128 valence electrons. The number of hydrogen-bond acceptors (Lipinski definition) is 1. The van der Waals surface area contributed by atoms with Gasteiger partial charge >= 0.3 is 0 Å². The van der Waals surface area contributed by atoms with Crippen LogP contribution in [-0.4, -0.2) is 0 Å². The summed E-state index contributed by atoms with van der Waals surface area (Å²) in [5, 5.41) is 0. The minimum atomic E-state index is -0.145. The van der Waals surface area contributed by atoms with Crippen LogP contribution in [0.25, 0.3) is 0 Å². The third kappa shape index (κ3) is 3.19. The summed E-state index contributed by atoms with van der Waals surface area (Å²) in [5.74, 6) is 0. The smallest absolute Gasteiger partial charge is 0.0355 e. The molecule has 2 N–H and O–H groups in total. The summed E-state index contributed by atoms with van der Waals surface area (Å²) >= 11 is 0. The number of nitrogens with two attached hydrogens (primary N) is 1. The number of anilines is 1. The highest BCUT2D eigenvalue weighted by Gasteiger charge is 2.29. The van der Waals surface area contributed by atoms with E-state index in [9.17, 15) is 0 Å². The zero-order valence-corrected chi connectivity index (χ0v) is 15.6. The fourth-order valence-corrected chi connectivity index (χ4v) is 3.52. The average Bonchev–Trinajstić information content (AvgIpc) is 2.63. The van der Waals surface area contributed by atoms with Gasteiger partial charge in [-0.3, -0.25) is 0 Å². The molecule has 25 heavy (non-hydrogen) atoms. The molecule has 0 aliphatic heterocycles.